The van der Waals surface area contributed by atoms with E-state index < -0.39 is 0 Å². The first-order valence-electron chi connectivity index (χ1n) is 12.7. The number of rotatable bonds is 7. The van der Waals surface area contributed by atoms with Gasteiger partial charge in [0.2, 0.25) is 0 Å². The fraction of sp³-hybridized carbons (Fsp3) is 0.156. The first kappa shape index (κ1) is 25.9. The maximum Gasteiger partial charge on any atom is 0.159 e. The summed E-state index contributed by atoms with van der Waals surface area (Å²) in [7, 11) is 0. The molecule has 0 saturated carbocycles. The maximum absolute atomic E-state index is 14.6. The summed E-state index contributed by atoms with van der Waals surface area (Å²) >= 11 is 0. The highest BCUT2D eigenvalue weighted by atomic mass is 19.1. The molecule has 2 aromatic carbocycles. The molecule has 0 radical (unpaired) electrons. The zero-order valence-electron chi connectivity index (χ0n) is 22.6. The summed E-state index contributed by atoms with van der Waals surface area (Å²) in [6, 6.07) is 12.8. The third kappa shape index (κ3) is 5.03. The van der Waals surface area contributed by atoms with Crippen LogP contribution in [0.3, 0.4) is 0 Å². The van der Waals surface area contributed by atoms with E-state index in [9.17, 15) is 4.39 Å². The molecule has 5 rings (SSSR count). The predicted octanol–water partition coefficient (Wildman–Crippen LogP) is 7.93. The van der Waals surface area contributed by atoms with Crippen LogP contribution in [0.2, 0.25) is 0 Å². The monoisotopic (exact) mass is 518 g/mol. The second kappa shape index (κ2) is 10.2. The standard InChI is InChI=1S/C32H31FN6/c1-7-20(15-22(8-2)35-19(3)32(4,5)6)21-13-14-27-24(16-21)30(39-38-27)31-36-28-18-34-17-25(29(28)37-31)23-11-9-10-12-26(23)33/h7-18,35H,2-3H2,1,4-6H3,(H,36,37)(H,38,39)/b20-7+,22-15+. The highest BCUT2D eigenvalue weighted by molar-refractivity contribution is 5.98. The van der Waals surface area contributed by atoms with E-state index in [0.29, 0.717) is 33.7 Å². The highest BCUT2D eigenvalue weighted by Gasteiger charge is 2.18. The third-order valence-electron chi connectivity index (χ3n) is 6.72. The molecule has 0 aliphatic carbocycles. The summed E-state index contributed by atoms with van der Waals surface area (Å²) in [5, 5.41) is 12.0. The van der Waals surface area contributed by atoms with E-state index in [1.54, 1.807) is 36.7 Å². The fourth-order valence-electron chi connectivity index (χ4n) is 4.30. The lowest BCUT2D eigenvalue weighted by molar-refractivity contribution is 0.478. The number of halogens is 1. The molecule has 3 N–H and O–H groups in total. The Morgan fingerprint density at radius 2 is 1.85 bits per heavy atom. The van der Waals surface area contributed by atoms with E-state index in [2.05, 4.69) is 77.6 Å². The van der Waals surface area contributed by atoms with Crippen LogP contribution in [0.5, 0.6) is 0 Å². The smallest absolute Gasteiger partial charge is 0.159 e. The van der Waals surface area contributed by atoms with Crippen molar-refractivity contribution in [3.8, 4) is 22.6 Å². The van der Waals surface area contributed by atoms with E-state index in [-0.39, 0.29) is 11.2 Å². The summed E-state index contributed by atoms with van der Waals surface area (Å²) in [4.78, 5) is 12.5. The van der Waals surface area contributed by atoms with Gasteiger partial charge in [0, 0.05) is 39.5 Å². The topological polar surface area (TPSA) is 82.3 Å². The van der Waals surface area contributed by atoms with Crippen LogP contribution in [0, 0.1) is 11.2 Å². The van der Waals surface area contributed by atoms with Crippen LogP contribution in [0.4, 0.5) is 4.39 Å². The van der Waals surface area contributed by atoms with Gasteiger partial charge in [0.1, 0.15) is 17.0 Å². The lowest BCUT2D eigenvalue weighted by Gasteiger charge is -2.24. The molecule has 3 heterocycles. The van der Waals surface area contributed by atoms with Crippen molar-refractivity contribution in [2.75, 3.05) is 0 Å². The maximum atomic E-state index is 14.6. The number of hydrogen-bond acceptors (Lipinski definition) is 4. The number of imidazole rings is 1. The minimum absolute atomic E-state index is 0.0863. The molecule has 6 nitrogen and oxygen atoms in total. The number of H-pyrrole nitrogens is 2. The van der Waals surface area contributed by atoms with E-state index in [1.807, 2.05) is 19.1 Å². The van der Waals surface area contributed by atoms with Gasteiger partial charge in [-0.15, -0.1) is 0 Å². The van der Waals surface area contributed by atoms with Crippen molar-refractivity contribution in [2.24, 2.45) is 5.41 Å². The summed E-state index contributed by atoms with van der Waals surface area (Å²) < 4.78 is 14.6. The van der Waals surface area contributed by atoms with Crippen LogP contribution in [0.15, 0.2) is 97.6 Å². The van der Waals surface area contributed by atoms with Gasteiger partial charge in [-0.2, -0.15) is 5.10 Å². The average Bonchev–Trinajstić information content (AvgIpc) is 3.54. The van der Waals surface area contributed by atoms with Gasteiger partial charge in [0.15, 0.2) is 5.82 Å². The molecule has 3 aromatic heterocycles. The van der Waals surface area contributed by atoms with E-state index in [4.69, 9.17) is 4.98 Å². The van der Waals surface area contributed by atoms with Gasteiger partial charge < -0.3 is 10.3 Å². The van der Waals surface area contributed by atoms with Gasteiger partial charge in [0.05, 0.1) is 17.2 Å². The quantitative estimate of drug-likeness (QED) is 0.191. The van der Waals surface area contributed by atoms with Crippen molar-refractivity contribution < 1.29 is 4.39 Å². The first-order valence-corrected chi connectivity index (χ1v) is 12.7. The van der Waals surface area contributed by atoms with Crippen LogP contribution in [0.1, 0.15) is 33.3 Å². The van der Waals surface area contributed by atoms with Gasteiger partial charge >= 0.3 is 0 Å². The lowest BCUT2D eigenvalue weighted by atomic mass is 9.92. The molecule has 0 aliphatic rings. The Morgan fingerprint density at radius 3 is 2.56 bits per heavy atom. The largest absolute Gasteiger partial charge is 0.359 e. The number of aromatic nitrogens is 5. The third-order valence-corrected chi connectivity index (χ3v) is 6.72. The van der Waals surface area contributed by atoms with Crippen LogP contribution in [-0.4, -0.2) is 25.1 Å². The zero-order chi connectivity index (χ0) is 27.7. The number of nitrogens with zero attached hydrogens (tertiary/aromatic N) is 3. The van der Waals surface area contributed by atoms with E-state index >= 15 is 0 Å². The van der Waals surface area contributed by atoms with Gasteiger partial charge in [-0.25, -0.2) is 9.37 Å². The molecule has 0 unspecified atom stereocenters. The summed E-state index contributed by atoms with van der Waals surface area (Å²) in [6.45, 7) is 16.5. The number of benzene rings is 2. The summed E-state index contributed by atoms with van der Waals surface area (Å²) in [5.74, 6) is 0.254. The van der Waals surface area contributed by atoms with Gasteiger partial charge in [0.25, 0.3) is 0 Å². The number of pyridine rings is 1. The number of aromatic amines is 2. The Morgan fingerprint density at radius 1 is 1.05 bits per heavy atom. The number of allylic oxidation sites excluding steroid dienone is 5. The molecule has 0 atom stereocenters. The van der Waals surface area contributed by atoms with Crippen molar-refractivity contribution in [3.63, 3.8) is 0 Å². The SMILES string of the molecule is C=C/C(=C\C(=C/C)c1ccc2[nH]nc(-c3nc4c(-c5ccccc5F)cncc4[nH]3)c2c1)NC(=C)C(C)(C)C. The number of nitrogens with one attached hydrogen (secondary N) is 3. The lowest BCUT2D eigenvalue weighted by Crippen LogP contribution is -2.22. The zero-order valence-corrected chi connectivity index (χ0v) is 22.6. The normalized spacial score (nSPS) is 12.7. The molecular formula is C32H31FN6. The molecule has 0 aliphatic heterocycles. The molecule has 0 saturated heterocycles. The van der Waals surface area contributed by atoms with Gasteiger partial charge in [-0.1, -0.05) is 64.3 Å². The Bertz CT molecular complexity index is 1780. The van der Waals surface area contributed by atoms with Crippen molar-refractivity contribution in [1.29, 1.82) is 0 Å². The Labute approximate surface area is 227 Å². The Balaban J connectivity index is 1.56. The van der Waals surface area contributed by atoms with Crippen LogP contribution < -0.4 is 5.32 Å². The number of fused-ring (bicyclic) bond motifs is 2. The molecule has 0 bridgehead atoms. The highest BCUT2D eigenvalue weighted by Crippen LogP contribution is 2.33. The van der Waals surface area contributed by atoms with Crippen molar-refractivity contribution in [1.82, 2.24) is 30.5 Å². The molecule has 0 fully saturated rings. The molecule has 196 valence electrons. The molecule has 39 heavy (non-hydrogen) atoms. The molecule has 0 amide bonds. The van der Waals surface area contributed by atoms with Crippen molar-refractivity contribution >= 4 is 27.5 Å². The average molecular weight is 519 g/mol. The molecule has 7 heteroatoms. The van der Waals surface area contributed by atoms with Crippen LogP contribution in [-0.2, 0) is 0 Å². The van der Waals surface area contributed by atoms with Gasteiger partial charge in [-0.3, -0.25) is 10.1 Å². The number of hydrogen-bond donors (Lipinski definition) is 3. The minimum atomic E-state index is -0.322. The predicted molar refractivity (Wildman–Crippen MR) is 158 cm³/mol. The van der Waals surface area contributed by atoms with Crippen molar-refractivity contribution in [2.45, 2.75) is 27.7 Å². The Kier molecular flexibility index (Phi) is 6.74. The fourth-order valence-corrected chi connectivity index (χ4v) is 4.30. The Hall–Kier alpha value is -4.78. The summed E-state index contributed by atoms with van der Waals surface area (Å²) in [5.41, 5.74) is 7.68. The second-order valence-corrected chi connectivity index (χ2v) is 10.4. The van der Waals surface area contributed by atoms with E-state index in [1.165, 1.54) is 6.07 Å². The molecule has 0 spiro atoms. The molecular weight excluding hydrogens is 487 g/mol. The van der Waals surface area contributed by atoms with Crippen LogP contribution in [0.25, 0.3) is 50.2 Å². The van der Waals surface area contributed by atoms with E-state index in [0.717, 1.165) is 33.4 Å². The van der Waals surface area contributed by atoms with Crippen molar-refractivity contribution in [3.05, 3.63) is 109 Å². The van der Waals surface area contributed by atoms with Gasteiger partial charge in [-0.05, 0) is 48.4 Å². The molecule has 5 aromatic rings. The van der Waals surface area contributed by atoms with Crippen LogP contribution >= 0.6 is 0 Å². The first-order chi connectivity index (χ1) is 18.7. The minimum Gasteiger partial charge on any atom is -0.359 e. The second-order valence-electron chi connectivity index (χ2n) is 10.4. The summed E-state index contributed by atoms with van der Waals surface area (Å²) in [6.07, 6.45) is 9.22.